The number of hydrogen-bond acceptors (Lipinski definition) is 12. The number of fused-ring (bicyclic) bond motifs is 1. The van der Waals surface area contributed by atoms with E-state index in [4.69, 9.17) is 42.4 Å². The van der Waals surface area contributed by atoms with E-state index in [1.54, 1.807) is 61.5 Å². The monoisotopic (exact) mass is 814 g/mol. The largest absolute Gasteiger partial charge is 0.493 e. The van der Waals surface area contributed by atoms with E-state index in [1.807, 2.05) is 30.3 Å². The summed E-state index contributed by atoms with van der Waals surface area (Å²) in [6.07, 6.45) is 1.56. The normalized spacial score (nSPS) is 14.0. The lowest BCUT2D eigenvalue weighted by molar-refractivity contribution is -0.387. The SMILES string of the molecule is CCOC(=O)C1=C(c2ccccc2)N=c2s/c(=C/c3ccc(Sc4n[nH]c(-c5ccc(Cl)cc5Cl)n4)c([N+](=O)[O-])c3)c(=O)n2[C@@H]1c1ccc(OC)c(OC)c1. The number of carbonyl (C=O) groups excluding carboxylic acids is 1. The van der Waals surface area contributed by atoms with Gasteiger partial charge in [-0.15, -0.1) is 5.10 Å². The minimum atomic E-state index is -0.977. The van der Waals surface area contributed by atoms with Crippen molar-refractivity contribution in [1.82, 2.24) is 19.7 Å². The van der Waals surface area contributed by atoms with Gasteiger partial charge in [-0.2, -0.15) is 0 Å². The van der Waals surface area contributed by atoms with Crippen LogP contribution in [0.1, 0.15) is 29.7 Å². The summed E-state index contributed by atoms with van der Waals surface area (Å²) in [5.74, 6) is 0.578. The van der Waals surface area contributed by atoms with E-state index in [-0.39, 0.29) is 32.5 Å². The number of thiazole rings is 1. The zero-order valence-electron chi connectivity index (χ0n) is 29.1. The second kappa shape index (κ2) is 15.9. The smallest absolute Gasteiger partial charge is 0.338 e. The zero-order valence-corrected chi connectivity index (χ0v) is 32.3. The molecule has 7 rings (SSSR count). The first-order valence-corrected chi connectivity index (χ1v) is 18.8. The number of ether oxygens (including phenoxy) is 3. The molecule has 0 bridgehead atoms. The summed E-state index contributed by atoms with van der Waals surface area (Å²) in [6, 6.07) is 22.8. The molecule has 0 amide bonds. The van der Waals surface area contributed by atoms with Crippen LogP contribution in [0.4, 0.5) is 5.69 Å². The maximum Gasteiger partial charge on any atom is 0.338 e. The van der Waals surface area contributed by atoms with Crippen LogP contribution in [0.3, 0.4) is 0 Å². The fourth-order valence-corrected chi connectivity index (χ4v) is 8.27. The van der Waals surface area contributed by atoms with Crippen molar-refractivity contribution in [1.29, 1.82) is 0 Å². The number of esters is 1. The van der Waals surface area contributed by atoms with E-state index in [0.717, 1.165) is 23.1 Å². The second-order valence-corrected chi connectivity index (χ2v) is 14.6. The number of carbonyl (C=O) groups is 1. The molecule has 4 aromatic carbocycles. The molecule has 1 N–H and O–H groups in total. The molecule has 0 saturated carbocycles. The molecule has 17 heteroatoms. The van der Waals surface area contributed by atoms with Gasteiger partial charge >= 0.3 is 5.97 Å². The molecule has 0 aliphatic carbocycles. The van der Waals surface area contributed by atoms with Crippen LogP contribution in [0.2, 0.25) is 10.0 Å². The second-order valence-electron chi connectivity index (χ2n) is 11.7. The van der Waals surface area contributed by atoms with Gasteiger partial charge in [0.25, 0.3) is 11.2 Å². The molecule has 13 nitrogen and oxygen atoms in total. The maximum atomic E-state index is 14.4. The number of halogens is 2. The molecule has 0 unspecified atom stereocenters. The number of methoxy groups -OCH3 is 2. The summed E-state index contributed by atoms with van der Waals surface area (Å²) in [4.78, 5) is 49.9. The molecule has 278 valence electrons. The van der Waals surface area contributed by atoms with Gasteiger partial charge in [0.15, 0.2) is 22.1 Å². The Morgan fingerprint density at radius 1 is 1.04 bits per heavy atom. The molecule has 0 fully saturated rings. The van der Waals surface area contributed by atoms with Crippen LogP contribution < -0.4 is 24.4 Å². The van der Waals surface area contributed by atoms with E-state index < -0.39 is 22.5 Å². The highest BCUT2D eigenvalue weighted by Crippen LogP contribution is 2.39. The van der Waals surface area contributed by atoms with Gasteiger partial charge in [0.05, 0.1) is 57.5 Å². The number of benzene rings is 4. The van der Waals surface area contributed by atoms with E-state index in [0.29, 0.717) is 60.1 Å². The molecule has 0 saturated heterocycles. The number of hydrogen-bond donors (Lipinski definition) is 1. The highest BCUT2D eigenvalue weighted by atomic mass is 35.5. The van der Waals surface area contributed by atoms with Crippen molar-refractivity contribution in [3.05, 3.63) is 147 Å². The van der Waals surface area contributed by atoms with Gasteiger partial charge in [-0.1, -0.05) is 77.0 Å². The molecule has 1 aliphatic rings. The number of aromatic amines is 1. The van der Waals surface area contributed by atoms with Gasteiger partial charge in [-0.25, -0.2) is 14.8 Å². The number of H-pyrrole nitrogens is 1. The van der Waals surface area contributed by atoms with Gasteiger partial charge in [-0.05, 0) is 72.3 Å². The van der Waals surface area contributed by atoms with Crippen LogP contribution in [0.5, 0.6) is 11.5 Å². The minimum Gasteiger partial charge on any atom is -0.493 e. The summed E-state index contributed by atoms with van der Waals surface area (Å²) in [5, 5.41) is 20.4. The number of nitrogens with zero attached hydrogens (tertiary/aromatic N) is 5. The van der Waals surface area contributed by atoms with Crippen molar-refractivity contribution in [3.8, 4) is 22.9 Å². The molecule has 55 heavy (non-hydrogen) atoms. The summed E-state index contributed by atoms with van der Waals surface area (Å²) in [5.41, 5.74) is 1.96. The van der Waals surface area contributed by atoms with Gasteiger partial charge in [0, 0.05) is 22.2 Å². The Bertz CT molecular complexity index is 2700. The topological polar surface area (TPSA) is 164 Å². The minimum absolute atomic E-state index is 0.0919. The van der Waals surface area contributed by atoms with Crippen molar-refractivity contribution in [2.75, 3.05) is 20.8 Å². The lowest BCUT2D eigenvalue weighted by Gasteiger charge is -2.26. The average molecular weight is 816 g/mol. The van der Waals surface area contributed by atoms with Gasteiger partial charge in [0.2, 0.25) is 5.16 Å². The molecular weight excluding hydrogens is 787 g/mol. The maximum absolute atomic E-state index is 14.4. The van der Waals surface area contributed by atoms with E-state index in [2.05, 4.69) is 15.2 Å². The predicted octanol–water partition coefficient (Wildman–Crippen LogP) is 7.10. The fraction of sp³-hybridized carbons (Fsp3) is 0.132. The summed E-state index contributed by atoms with van der Waals surface area (Å²) >= 11 is 14.4. The Morgan fingerprint density at radius 3 is 2.53 bits per heavy atom. The fourth-order valence-electron chi connectivity index (χ4n) is 5.98. The van der Waals surface area contributed by atoms with E-state index >= 15 is 0 Å². The molecular formula is C38H28Cl2N6O7S2. The average Bonchev–Trinajstić information content (AvgIpc) is 3.77. The highest BCUT2D eigenvalue weighted by Gasteiger charge is 2.35. The van der Waals surface area contributed by atoms with Gasteiger partial charge < -0.3 is 14.2 Å². The molecule has 3 heterocycles. The van der Waals surface area contributed by atoms with Crippen LogP contribution in [0.15, 0.2) is 110 Å². The summed E-state index contributed by atoms with van der Waals surface area (Å²) in [7, 11) is 3.00. The molecule has 0 spiro atoms. The third-order valence-electron chi connectivity index (χ3n) is 8.43. The highest BCUT2D eigenvalue weighted by molar-refractivity contribution is 7.99. The number of nitro groups is 1. The summed E-state index contributed by atoms with van der Waals surface area (Å²) < 4.78 is 18.3. The molecule has 6 aromatic rings. The van der Waals surface area contributed by atoms with Crippen molar-refractivity contribution >= 4 is 69.7 Å². The predicted molar refractivity (Wildman–Crippen MR) is 210 cm³/mol. The Kier molecular flexibility index (Phi) is 10.9. The Labute approximate surface area is 330 Å². The van der Waals surface area contributed by atoms with Crippen LogP contribution in [-0.4, -0.2) is 51.5 Å². The Hall–Kier alpha value is -5.74. The van der Waals surface area contributed by atoms with Gasteiger partial charge in [-0.3, -0.25) is 24.6 Å². The lowest BCUT2D eigenvalue weighted by Crippen LogP contribution is -2.40. The van der Waals surface area contributed by atoms with Crippen molar-refractivity contribution < 1.29 is 23.9 Å². The Balaban J connectivity index is 1.34. The van der Waals surface area contributed by atoms with Gasteiger partial charge in [0.1, 0.15) is 0 Å². The lowest BCUT2D eigenvalue weighted by atomic mass is 9.93. The third-order valence-corrected chi connectivity index (χ3v) is 10.9. The third kappa shape index (κ3) is 7.51. The molecule has 0 radical (unpaired) electrons. The van der Waals surface area contributed by atoms with Crippen LogP contribution in [0.25, 0.3) is 23.2 Å². The Morgan fingerprint density at radius 2 is 1.82 bits per heavy atom. The number of nitro benzene ring substituents is 1. The first kappa shape index (κ1) is 37.6. The van der Waals surface area contributed by atoms with E-state index in [9.17, 15) is 19.7 Å². The van der Waals surface area contributed by atoms with Crippen molar-refractivity contribution in [2.24, 2.45) is 4.99 Å². The van der Waals surface area contributed by atoms with Crippen molar-refractivity contribution in [2.45, 2.75) is 23.0 Å². The first-order chi connectivity index (χ1) is 26.6. The molecule has 2 aromatic heterocycles. The standard InChI is InChI=1S/C38H28Cl2N6O7S2/c1-4-53-36(48)31-32(21-8-6-5-7-9-21)41-38-45(33(31)22-11-14-27(51-2)28(18-22)52-3)35(47)30(55-38)17-20-10-15-29(26(16-20)46(49)50)54-37-42-34(43-44-37)24-13-12-23(39)19-25(24)40/h5-19,33H,4H2,1-3H3,(H,42,43,44)/b30-17+/t33-/m1/s1. The molecule has 1 atom stereocenters. The number of rotatable bonds is 11. The number of aromatic nitrogens is 4. The quantitative estimate of drug-likeness (QED) is 0.0811. The van der Waals surface area contributed by atoms with Crippen LogP contribution in [-0.2, 0) is 9.53 Å². The van der Waals surface area contributed by atoms with Crippen LogP contribution in [0, 0.1) is 10.1 Å². The van der Waals surface area contributed by atoms with Crippen LogP contribution >= 0.6 is 46.3 Å². The molecule has 1 aliphatic heterocycles. The van der Waals surface area contributed by atoms with E-state index in [1.165, 1.54) is 24.9 Å². The number of nitrogens with one attached hydrogen (secondary N) is 1. The first-order valence-electron chi connectivity index (χ1n) is 16.4. The zero-order chi connectivity index (χ0) is 38.8. The van der Waals surface area contributed by atoms with Crippen molar-refractivity contribution in [3.63, 3.8) is 0 Å². The summed E-state index contributed by atoms with van der Waals surface area (Å²) in [6.45, 7) is 1.79.